The van der Waals surface area contributed by atoms with Crippen molar-refractivity contribution < 1.29 is 9.32 Å². The van der Waals surface area contributed by atoms with E-state index >= 15 is 0 Å². The molecule has 0 bridgehead atoms. The Kier molecular flexibility index (Phi) is 7.22. The molecule has 1 aliphatic heterocycles. The van der Waals surface area contributed by atoms with Gasteiger partial charge < -0.3 is 14.7 Å². The molecule has 0 radical (unpaired) electrons. The Morgan fingerprint density at radius 2 is 1.91 bits per heavy atom. The zero-order valence-electron chi connectivity index (χ0n) is 18.6. The number of carbonyl (C=O) groups is 1. The first kappa shape index (κ1) is 22.5. The number of aromatic nitrogens is 4. The standard InChI is InChI=1S/C23H29ClN6O2/c1-16(29-13-5-3-4-6-14-29)11-12-25-22(31)23-26-21(28-32-23)20-15-30(27-17(20)2)19-9-7-18(24)8-10-19/h7-10,15-16H,3-6,11-14H2,1-2H3,(H,25,31)/t16-/m1/s1. The van der Waals surface area contributed by atoms with Crippen LogP contribution in [-0.2, 0) is 0 Å². The van der Waals surface area contributed by atoms with E-state index in [1.54, 1.807) is 16.8 Å². The van der Waals surface area contributed by atoms with Gasteiger partial charge in [0.1, 0.15) is 0 Å². The summed E-state index contributed by atoms with van der Waals surface area (Å²) in [4.78, 5) is 19.3. The summed E-state index contributed by atoms with van der Waals surface area (Å²) in [5, 5.41) is 12.1. The van der Waals surface area contributed by atoms with Crippen molar-refractivity contribution in [3.05, 3.63) is 47.1 Å². The molecule has 3 heterocycles. The summed E-state index contributed by atoms with van der Waals surface area (Å²) >= 11 is 5.96. The molecule has 1 amide bonds. The van der Waals surface area contributed by atoms with Crippen LogP contribution in [0.3, 0.4) is 0 Å². The fourth-order valence-corrected chi connectivity index (χ4v) is 4.15. The number of rotatable bonds is 7. The fraction of sp³-hybridized carbons (Fsp3) is 0.478. The summed E-state index contributed by atoms with van der Waals surface area (Å²) in [6.07, 6.45) is 7.85. The van der Waals surface area contributed by atoms with Gasteiger partial charge in [0.2, 0.25) is 5.82 Å². The maximum absolute atomic E-state index is 12.5. The van der Waals surface area contributed by atoms with Gasteiger partial charge in [0, 0.05) is 23.8 Å². The van der Waals surface area contributed by atoms with Gasteiger partial charge in [0.15, 0.2) is 0 Å². The van der Waals surface area contributed by atoms with Gasteiger partial charge in [-0.3, -0.25) is 4.79 Å². The third kappa shape index (κ3) is 5.37. The Hall–Kier alpha value is -2.71. The summed E-state index contributed by atoms with van der Waals surface area (Å²) in [6, 6.07) is 7.80. The van der Waals surface area contributed by atoms with Crippen molar-refractivity contribution >= 4 is 17.5 Å². The molecule has 0 spiro atoms. The molecule has 1 aliphatic rings. The van der Waals surface area contributed by atoms with Crippen molar-refractivity contribution in [3.63, 3.8) is 0 Å². The van der Waals surface area contributed by atoms with Crippen LogP contribution in [0.25, 0.3) is 17.1 Å². The molecule has 1 aromatic carbocycles. The van der Waals surface area contributed by atoms with Crippen LogP contribution < -0.4 is 5.32 Å². The van der Waals surface area contributed by atoms with Gasteiger partial charge in [-0.25, -0.2) is 4.68 Å². The highest BCUT2D eigenvalue weighted by Gasteiger charge is 2.20. The minimum Gasteiger partial charge on any atom is -0.348 e. The largest absolute Gasteiger partial charge is 0.348 e. The second-order valence-corrected chi connectivity index (χ2v) is 8.75. The minimum absolute atomic E-state index is 0.0407. The van der Waals surface area contributed by atoms with Crippen molar-refractivity contribution in [3.8, 4) is 17.1 Å². The highest BCUT2D eigenvalue weighted by molar-refractivity contribution is 6.30. The second-order valence-electron chi connectivity index (χ2n) is 8.32. The van der Waals surface area contributed by atoms with Gasteiger partial charge in [0.05, 0.1) is 16.9 Å². The number of nitrogens with zero attached hydrogens (tertiary/aromatic N) is 5. The van der Waals surface area contributed by atoms with Gasteiger partial charge in [-0.2, -0.15) is 10.1 Å². The van der Waals surface area contributed by atoms with Crippen LogP contribution in [0.5, 0.6) is 0 Å². The van der Waals surface area contributed by atoms with Crippen LogP contribution in [0.4, 0.5) is 0 Å². The Morgan fingerprint density at radius 3 is 2.62 bits per heavy atom. The van der Waals surface area contributed by atoms with Crippen molar-refractivity contribution in [2.45, 2.75) is 52.0 Å². The van der Waals surface area contributed by atoms with E-state index in [-0.39, 0.29) is 11.8 Å². The van der Waals surface area contributed by atoms with Crippen LogP contribution >= 0.6 is 11.6 Å². The second kappa shape index (κ2) is 10.3. The van der Waals surface area contributed by atoms with Gasteiger partial charge in [-0.1, -0.05) is 29.6 Å². The van der Waals surface area contributed by atoms with Gasteiger partial charge >= 0.3 is 11.8 Å². The number of halogens is 1. The van der Waals surface area contributed by atoms with Crippen molar-refractivity contribution in [1.29, 1.82) is 0 Å². The third-order valence-corrected chi connectivity index (χ3v) is 6.21. The minimum atomic E-state index is -0.352. The van der Waals surface area contributed by atoms with E-state index in [0.29, 0.717) is 29.0 Å². The molecule has 1 atom stereocenters. The molecule has 2 aromatic heterocycles. The molecule has 1 saturated heterocycles. The zero-order valence-corrected chi connectivity index (χ0v) is 19.3. The summed E-state index contributed by atoms with van der Waals surface area (Å²) in [6.45, 7) is 6.95. The predicted octanol–water partition coefficient (Wildman–Crippen LogP) is 4.27. The fourth-order valence-electron chi connectivity index (χ4n) is 4.02. The molecule has 0 aliphatic carbocycles. The molecule has 32 heavy (non-hydrogen) atoms. The first-order valence-electron chi connectivity index (χ1n) is 11.2. The topological polar surface area (TPSA) is 89.1 Å². The van der Waals surface area contributed by atoms with E-state index in [1.807, 2.05) is 25.3 Å². The molecule has 9 heteroatoms. The number of amides is 1. The van der Waals surface area contributed by atoms with Crippen molar-refractivity contribution in [2.24, 2.45) is 0 Å². The predicted molar refractivity (Wildman–Crippen MR) is 123 cm³/mol. The summed E-state index contributed by atoms with van der Waals surface area (Å²) < 4.78 is 6.94. The Balaban J connectivity index is 1.35. The lowest BCUT2D eigenvalue weighted by molar-refractivity contribution is 0.0904. The average molecular weight is 457 g/mol. The van der Waals surface area contributed by atoms with Gasteiger partial charge in [-0.15, -0.1) is 0 Å². The number of hydrogen-bond acceptors (Lipinski definition) is 6. The van der Waals surface area contributed by atoms with Crippen LogP contribution in [-0.4, -0.2) is 56.4 Å². The van der Waals surface area contributed by atoms with Crippen molar-refractivity contribution in [1.82, 2.24) is 30.1 Å². The Labute approximate surface area is 192 Å². The maximum Gasteiger partial charge on any atom is 0.316 e. The van der Waals surface area contributed by atoms with Gasteiger partial charge in [0.25, 0.3) is 0 Å². The summed E-state index contributed by atoms with van der Waals surface area (Å²) in [5.74, 6) is -0.0542. The van der Waals surface area contributed by atoms with E-state index in [1.165, 1.54) is 25.7 Å². The highest BCUT2D eigenvalue weighted by atomic mass is 35.5. The van der Waals surface area contributed by atoms with E-state index in [4.69, 9.17) is 16.1 Å². The number of aryl methyl sites for hydroxylation is 1. The maximum atomic E-state index is 12.5. The first-order chi connectivity index (χ1) is 15.5. The van der Waals surface area contributed by atoms with Gasteiger partial charge in [-0.05, 0) is 70.5 Å². The first-order valence-corrected chi connectivity index (χ1v) is 11.6. The van der Waals surface area contributed by atoms with Crippen LogP contribution in [0, 0.1) is 6.92 Å². The van der Waals surface area contributed by atoms with E-state index in [2.05, 4.69) is 32.4 Å². The molecule has 0 saturated carbocycles. The normalized spacial score (nSPS) is 16.0. The highest BCUT2D eigenvalue weighted by Crippen LogP contribution is 2.22. The lowest BCUT2D eigenvalue weighted by Gasteiger charge is -2.27. The quantitative estimate of drug-likeness (QED) is 0.571. The number of likely N-dealkylation sites (tertiary alicyclic amines) is 1. The van der Waals surface area contributed by atoms with Crippen LogP contribution in [0.2, 0.25) is 5.02 Å². The smallest absolute Gasteiger partial charge is 0.316 e. The monoisotopic (exact) mass is 456 g/mol. The molecular weight excluding hydrogens is 428 g/mol. The number of nitrogens with one attached hydrogen (secondary N) is 1. The average Bonchev–Trinajstić information content (AvgIpc) is 3.32. The third-order valence-electron chi connectivity index (χ3n) is 5.96. The molecule has 8 nitrogen and oxygen atoms in total. The number of benzene rings is 1. The molecule has 1 fully saturated rings. The lowest BCUT2D eigenvalue weighted by atomic mass is 10.2. The van der Waals surface area contributed by atoms with Crippen molar-refractivity contribution in [2.75, 3.05) is 19.6 Å². The molecule has 3 aromatic rings. The summed E-state index contributed by atoms with van der Waals surface area (Å²) in [7, 11) is 0. The SMILES string of the molecule is Cc1nn(-c2ccc(Cl)cc2)cc1-c1noc(C(=O)NCC[C@@H](C)N2CCCCCC2)n1. The molecular formula is C23H29ClN6O2. The molecule has 4 rings (SSSR count). The Morgan fingerprint density at radius 1 is 1.19 bits per heavy atom. The lowest BCUT2D eigenvalue weighted by Crippen LogP contribution is -2.37. The molecule has 170 valence electrons. The van der Waals surface area contributed by atoms with Crippen LogP contribution in [0.1, 0.15) is 55.4 Å². The Bertz CT molecular complexity index is 1040. The van der Waals surface area contributed by atoms with Crippen LogP contribution in [0.15, 0.2) is 35.0 Å². The summed E-state index contributed by atoms with van der Waals surface area (Å²) in [5.41, 5.74) is 2.31. The van der Waals surface area contributed by atoms with E-state index in [9.17, 15) is 4.79 Å². The van der Waals surface area contributed by atoms with E-state index in [0.717, 1.165) is 30.9 Å². The number of hydrogen-bond donors (Lipinski definition) is 1. The molecule has 1 N–H and O–H groups in total. The number of carbonyl (C=O) groups excluding carboxylic acids is 1. The molecule has 0 unspecified atom stereocenters. The zero-order chi connectivity index (χ0) is 22.5. The van der Waals surface area contributed by atoms with E-state index < -0.39 is 0 Å².